The van der Waals surface area contributed by atoms with Crippen LogP contribution in [0.4, 0.5) is 6.01 Å². The number of para-hydroxylation sites is 2. The summed E-state index contributed by atoms with van der Waals surface area (Å²) in [6.07, 6.45) is 0.998. The van der Waals surface area contributed by atoms with E-state index in [9.17, 15) is 0 Å². The standard InChI is InChI=1S/C17H16N2O2/c1-20-14-7-6-12-8-9-19(11-13(12)10-14)17-18-15-4-2-3-5-16(15)21-17/h2-7,10H,8-9,11H2,1H3. The van der Waals surface area contributed by atoms with Crippen LogP contribution in [0.3, 0.4) is 0 Å². The van der Waals surface area contributed by atoms with Gasteiger partial charge in [0.05, 0.1) is 7.11 Å². The molecule has 3 aromatic rings. The van der Waals surface area contributed by atoms with Crippen LogP contribution in [0.2, 0.25) is 0 Å². The first-order valence-corrected chi connectivity index (χ1v) is 7.10. The lowest BCUT2D eigenvalue weighted by Gasteiger charge is -2.27. The van der Waals surface area contributed by atoms with E-state index in [1.807, 2.05) is 30.3 Å². The Morgan fingerprint density at radius 3 is 2.90 bits per heavy atom. The van der Waals surface area contributed by atoms with Crippen LogP contribution >= 0.6 is 0 Å². The van der Waals surface area contributed by atoms with E-state index >= 15 is 0 Å². The van der Waals surface area contributed by atoms with Gasteiger partial charge in [0.1, 0.15) is 11.3 Å². The second-order valence-electron chi connectivity index (χ2n) is 5.27. The number of aromatic nitrogens is 1. The number of oxazole rings is 1. The van der Waals surface area contributed by atoms with Gasteiger partial charge in [0.2, 0.25) is 0 Å². The molecule has 0 saturated carbocycles. The maximum atomic E-state index is 5.86. The fraction of sp³-hybridized carbons (Fsp3) is 0.235. The molecule has 0 amide bonds. The summed E-state index contributed by atoms with van der Waals surface area (Å²) in [6, 6.07) is 14.8. The van der Waals surface area contributed by atoms with Gasteiger partial charge in [-0.05, 0) is 41.8 Å². The first-order chi connectivity index (χ1) is 10.3. The van der Waals surface area contributed by atoms with Crippen molar-refractivity contribution in [2.24, 2.45) is 0 Å². The number of benzene rings is 2. The fourth-order valence-corrected chi connectivity index (χ4v) is 2.82. The van der Waals surface area contributed by atoms with Crippen molar-refractivity contribution in [3.05, 3.63) is 53.6 Å². The molecule has 4 rings (SSSR count). The second kappa shape index (κ2) is 4.81. The molecule has 0 spiro atoms. The van der Waals surface area contributed by atoms with Crippen molar-refractivity contribution in [1.29, 1.82) is 0 Å². The van der Waals surface area contributed by atoms with E-state index in [4.69, 9.17) is 9.15 Å². The Bertz CT molecular complexity index is 761. The molecule has 1 aromatic heterocycles. The zero-order chi connectivity index (χ0) is 14.2. The highest BCUT2D eigenvalue weighted by atomic mass is 16.5. The molecule has 2 heterocycles. The molecule has 1 aliphatic rings. The van der Waals surface area contributed by atoms with Crippen molar-refractivity contribution in [1.82, 2.24) is 4.98 Å². The molecule has 21 heavy (non-hydrogen) atoms. The summed E-state index contributed by atoms with van der Waals surface area (Å²) in [5.74, 6) is 0.896. The van der Waals surface area contributed by atoms with E-state index in [0.29, 0.717) is 6.01 Å². The van der Waals surface area contributed by atoms with Crippen LogP contribution in [0.15, 0.2) is 46.9 Å². The van der Waals surface area contributed by atoms with Gasteiger partial charge in [-0.25, -0.2) is 0 Å². The van der Waals surface area contributed by atoms with Gasteiger partial charge in [-0.3, -0.25) is 0 Å². The lowest BCUT2D eigenvalue weighted by atomic mass is 10.00. The number of hydrogen-bond donors (Lipinski definition) is 0. The number of ether oxygens (including phenoxy) is 1. The van der Waals surface area contributed by atoms with Gasteiger partial charge >= 0.3 is 0 Å². The molecule has 106 valence electrons. The SMILES string of the molecule is COc1ccc2c(c1)CN(c1nc3ccccc3o1)CC2. The molecule has 4 heteroatoms. The molecule has 0 fully saturated rings. The van der Waals surface area contributed by atoms with Gasteiger partial charge in [0, 0.05) is 13.1 Å². The lowest BCUT2D eigenvalue weighted by molar-refractivity contribution is 0.413. The summed E-state index contributed by atoms with van der Waals surface area (Å²) in [5, 5.41) is 0. The van der Waals surface area contributed by atoms with Crippen LogP contribution in [-0.2, 0) is 13.0 Å². The Morgan fingerprint density at radius 1 is 1.14 bits per heavy atom. The van der Waals surface area contributed by atoms with Gasteiger partial charge in [-0.2, -0.15) is 4.98 Å². The minimum absolute atomic E-state index is 0.699. The van der Waals surface area contributed by atoms with Crippen LogP contribution < -0.4 is 9.64 Å². The smallest absolute Gasteiger partial charge is 0.298 e. The number of hydrogen-bond acceptors (Lipinski definition) is 4. The molecule has 0 radical (unpaired) electrons. The molecule has 4 nitrogen and oxygen atoms in total. The number of rotatable bonds is 2. The first kappa shape index (κ1) is 12.3. The number of methoxy groups -OCH3 is 1. The topological polar surface area (TPSA) is 38.5 Å². The molecule has 2 aromatic carbocycles. The lowest BCUT2D eigenvalue weighted by Crippen LogP contribution is -2.30. The van der Waals surface area contributed by atoms with Crippen LogP contribution in [0.1, 0.15) is 11.1 Å². The Labute approximate surface area is 123 Å². The van der Waals surface area contributed by atoms with E-state index < -0.39 is 0 Å². The zero-order valence-electron chi connectivity index (χ0n) is 11.9. The van der Waals surface area contributed by atoms with E-state index in [-0.39, 0.29) is 0 Å². The molecule has 0 bridgehead atoms. The summed E-state index contributed by atoms with van der Waals surface area (Å²) >= 11 is 0. The summed E-state index contributed by atoms with van der Waals surface area (Å²) < 4.78 is 11.2. The molecule has 0 N–H and O–H groups in total. The summed E-state index contributed by atoms with van der Waals surface area (Å²) in [4.78, 5) is 6.76. The molecule has 0 saturated heterocycles. The average Bonchev–Trinajstić information content (AvgIpc) is 2.97. The molecule has 0 aliphatic carbocycles. The highest BCUT2D eigenvalue weighted by Crippen LogP contribution is 2.28. The predicted molar refractivity (Wildman–Crippen MR) is 81.8 cm³/mol. The summed E-state index contributed by atoms with van der Waals surface area (Å²) in [7, 11) is 1.70. The third kappa shape index (κ3) is 2.13. The quantitative estimate of drug-likeness (QED) is 0.721. The van der Waals surface area contributed by atoms with Crippen LogP contribution in [0, 0.1) is 0 Å². The van der Waals surface area contributed by atoms with Crippen LogP contribution in [0.5, 0.6) is 5.75 Å². The zero-order valence-corrected chi connectivity index (χ0v) is 11.9. The Hall–Kier alpha value is -2.49. The van der Waals surface area contributed by atoms with E-state index in [0.717, 1.165) is 36.4 Å². The highest BCUT2D eigenvalue weighted by Gasteiger charge is 2.21. The maximum Gasteiger partial charge on any atom is 0.298 e. The Morgan fingerprint density at radius 2 is 2.05 bits per heavy atom. The Balaban J connectivity index is 1.67. The van der Waals surface area contributed by atoms with Crippen molar-refractivity contribution < 1.29 is 9.15 Å². The molecule has 0 unspecified atom stereocenters. The molecule has 1 aliphatic heterocycles. The van der Waals surface area contributed by atoms with E-state index in [1.165, 1.54) is 11.1 Å². The van der Waals surface area contributed by atoms with Gasteiger partial charge in [0.15, 0.2) is 5.58 Å². The van der Waals surface area contributed by atoms with Gasteiger partial charge in [-0.1, -0.05) is 18.2 Å². The number of fused-ring (bicyclic) bond motifs is 2. The average molecular weight is 280 g/mol. The molecule has 0 atom stereocenters. The number of anilines is 1. The second-order valence-corrected chi connectivity index (χ2v) is 5.27. The predicted octanol–water partition coefficient (Wildman–Crippen LogP) is 3.40. The van der Waals surface area contributed by atoms with E-state index in [2.05, 4.69) is 22.0 Å². The van der Waals surface area contributed by atoms with Crippen molar-refractivity contribution in [3.8, 4) is 5.75 Å². The van der Waals surface area contributed by atoms with Crippen molar-refractivity contribution in [2.75, 3.05) is 18.6 Å². The normalized spacial score (nSPS) is 14.2. The van der Waals surface area contributed by atoms with Crippen LogP contribution in [0.25, 0.3) is 11.1 Å². The number of nitrogens with zero attached hydrogens (tertiary/aromatic N) is 2. The minimum Gasteiger partial charge on any atom is -0.497 e. The van der Waals surface area contributed by atoms with Crippen molar-refractivity contribution in [2.45, 2.75) is 13.0 Å². The monoisotopic (exact) mass is 280 g/mol. The minimum atomic E-state index is 0.699. The largest absolute Gasteiger partial charge is 0.497 e. The molecular weight excluding hydrogens is 264 g/mol. The molecular formula is C17H16N2O2. The van der Waals surface area contributed by atoms with Crippen LogP contribution in [-0.4, -0.2) is 18.6 Å². The highest BCUT2D eigenvalue weighted by molar-refractivity contribution is 5.74. The van der Waals surface area contributed by atoms with Crippen molar-refractivity contribution >= 4 is 17.1 Å². The van der Waals surface area contributed by atoms with Gasteiger partial charge in [0.25, 0.3) is 6.01 Å². The third-order valence-electron chi connectivity index (χ3n) is 3.98. The summed E-state index contributed by atoms with van der Waals surface area (Å²) in [5.41, 5.74) is 4.40. The Kier molecular flexibility index (Phi) is 2.81. The first-order valence-electron chi connectivity index (χ1n) is 7.10. The van der Waals surface area contributed by atoms with E-state index in [1.54, 1.807) is 7.11 Å². The fourth-order valence-electron chi connectivity index (χ4n) is 2.82. The summed E-state index contributed by atoms with van der Waals surface area (Å²) in [6.45, 7) is 1.73. The maximum absolute atomic E-state index is 5.86. The van der Waals surface area contributed by atoms with Crippen molar-refractivity contribution in [3.63, 3.8) is 0 Å². The van der Waals surface area contributed by atoms with Gasteiger partial charge < -0.3 is 14.1 Å². The third-order valence-corrected chi connectivity index (χ3v) is 3.98. The van der Waals surface area contributed by atoms with Gasteiger partial charge in [-0.15, -0.1) is 0 Å².